The van der Waals surface area contributed by atoms with Gasteiger partial charge < -0.3 is 29.6 Å². The van der Waals surface area contributed by atoms with E-state index >= 15 is 0 Å². The standard InChI is InChI=1S/C31H35N3O7/c1-20-8-5-6-9-24(20)32-30(37)33-25-16-11-21(19-28(25)38-2)18-27(35)26-10-7-17-34(26)31(40-4)41-23-14-12-22(13-15-23)29(36)39-3/h5-6,8-9,11-16,19,26,31H,7,10,17-18H2,1-4H3,(H2,32,33,37). The van der Waals surface area contributed by atoms with E-state index < -0.39 is 24.5 Å². The van der Waals surface area contributed by atoms with Crippen LogP contribution in [0.15, 0.2) is 66.7 Å². The first kappa shape index (κ1) is 29.6. The number of aryl methyl sites for hydroxylation is 1. The molecule has 0 aromatic heterocycles. The third-order valence-electron chi connectivity index (χ3n) is 6.94. The molecule has 2 N–H and O–H groups in total. The number of nitrogens with zero attached hydrogens (tertiary/aromatic N) is 1. The van der Waals surface area contributed by atoms with Crippen molar-refractivity contribution in [2.45, 2.75) is 38.6 Å². The van der Waals surface area contributed by atoms with Crippen LogP contribution in [0.4, 0.5) is 16.2 Å². The van der Waals surface area contributed by atoms with Crippen molar-refractivity contribution in [2.24, 2.45) is 0 Å². The molecule has 0 radical (unpaired) electrons. The van der Waals surface area contributed by atoms with Crippen LogP contribution in [0.5, 0.6) is 11.5 Å². The zero-order valence-corrected chi connectivity index (χ0v) is 23.6. The second-order valence-electron chi connectivity index (χ2n) is 9.64. The molecular formula is C31H35N3O7. The number of carbonyl (C=O) groups is 3. The summed E-state index contributed by atoms with van der Waals surface area (Å²) in [4.78, 5) is 39.6. The molecule has 2 amide bonds. The number of ketones is 1. The number of para-hydroxylation sites is 1. The van der Waals surface area contributed by atoms with E-state index in [1.165, 1.54) is 21.3 Å². The lowest BCUT2D eigenvalue weighted by molar-refractivity contribution is -0.168. The number of rotatable bonds is 11. The molecule has 0 spiro atoms. The maximum atomic E-state index is 13.4. The van der Waals surface area contributed by atoms with Crippen LogP contribution in [-0.2, 0) is 20.7 Å². The molecule has 1 saturated heterocycles. The molecule has 3 aromatic carbocycles. The van der Waals surface area contributed by atoms with Crippen LogP contribution in [0.25, 0.3) is 0 Å². The number of anilines is 2. The predicted octanol–water partition coefficient (Wildman–Crippen LogP) is 5.02. The van der Waals surface area contributed by atoms with Gasteiger partial charge in [-0.25, -0.2) is 14.5 Å². The molecule has 0 saturated carbocycles. The van der Waals surface area contributed by atoms with E-state index in [-0.39, 0.29) is 12.2 Å². The van der Waals surface area contributed by atoms with Gasteiger partial charge in [-0.3, -0.25) is 4.79 Å². The fraction of sp³-hybridized carbons (Fsp3) is 0.323. The summed E-state index contributed by atoms with van der Waals surface area (Å²) in [6, 6.07) is 18.5. The van der Waals surface area contributed by atoms with E-state index in [4.69, 9.17) is 18.9 Å². The van der Waals surface area contributed by atoms with Crippen molar-refractivity contribution in [1.29, 1.82) is 0 Å². The van der Waals surface area contributed by atoms with Crippen molar-refractivity contribution in [3.05, 3.63) is 83.4 Å². The molecule has 2 atom stereocenters. The lowest BCUT2D eigenvalue weighted by Gasteiger charge is -2.31. The molecule has 0 bridgehead atoms. The van der Waals surface area contributed by atoms with E-state index in [2.05, 4.69) is 10.6 Å². The van der Waals surface area contributed by atoms with Gasteiger partial charge in [0.1, 0.15) is 11.5 Å². The molecule has 0 aliphatic carbocycles. The minimum atomic E-state index is -0.775. The molecule has 216 valence electrons. The number of methoxy groups -OCH3 is 3. The number of nitrogens with one attached hydrogen (secondary N) is 2. The molecule has 3 aromatic rings. The van der Waals surface area contributed by atoms with Crippen LogP contribution < -0.4 is 20.1 Å². The Labute approximate surface area is 239 Å². The number of benzene rings is 3. The summed E-state index contributed by atoms with van der Waals surface area (Å²) in [6.45, 7) is 2.55. The Kier molecular flexibility index (Phi) is 9.94. The van der Waals surface area contributed by atoms with E-state index in [0.29, 0.717) is 41.4 Å². The molecule has 41 heavy (non-hydrogen) atoms. The highest BCUT2D eigenvalue weighted by molar-refractivity contribution is 6.01. The number of urea groups is 1. The smallest absolute Gasteiger partial charge is 0.337 e. The van der Waals surface area contributed by atoms with Gasteiger partial charge in [-0.1, -0.05) is 24.3 Å². The molecule has 1 heterocycles. The van der Waals surface area contributed by atoms with Gasteiger partial charge in [0, 0.05) is 25.8 Å². The Morgan fingerprint density at radius 3 is 2.37 bits per heavy atom. The van der Waals surface area contributed by atoms with Crippen LogP contribution in [0.2, 0.25) is 0 Å². The molecule has 4 rings (SSSR count). The zero-order chi connectivity index (χ0) is 29.4. The van der Waals surface area contributed by atoms with Crippen molar-refractivity contribution in [1.82, 2.24) is 4.90 Å². The number of esters is 1. The van der Waals surface area contributed by atoms with Crippen molar-refractivity contribution in [2.75, 3.05) is 38.5 Å². The van der Waals surface area contributed by atoms with Gasteiger partial charge in [0.15, 0.2) is 5.78 Å². The molecule has 10 nitrogen and oxygen atoms in total. The summed E-state index contributed by atoms with van der Waals surface area (Å²) >= 11 is 0. The Morgan fingerprint density at radius 1 is 0.951 bits per heavy atom. The fourth-order valence-electron chi connectivity index (χ4n) is 4.80. The monoisotopic (exact) mass is 561 g/mol. The quantitative estimate of drug-likeness (QED) is 0.248. The Hall–Kier alpha value is -4.41. The van der Waals surface area contributed by atoms with E-state index in [1.807, 2.05) is 36.1 Å². The minimum Gasteiger partial charge on any atom is -0.495 e. The summed E-state index contributed by atoms with van der Waals surface area (Å²) in [5.74, 6) is 0.541. The van der Waals surface area contributed by atoms with Gasteiger partial charge in [0.25, 0.3) is 6.41 Å². The Morgan fingerprint density at radius 2 is 1.68 bits per heavy atom. The number of likely N-dealkylation sites (tertiary alicyclic amines) is 1. The number of hydrogen-bond acceptors (Lipinski definition) is 8. The van der Waals surface area contributed by atoms with Gasteiger partial charge in [0.2, 0.25) is 0 Å². The van der Waals surface area contributed by atoms with Crippen LogP contribution in [-0.4, -0.2) is 63.0 Å². The fourth-order valence-corrected chi connectivity index (χ4v) is 4.80. The SMILES string of the molecule is COC(=O)c1ccc(OC(OC)N2CCCC2C(=O)Cc2ccc(NC(=O)Nc3ccccc3C)c(OC)c2)cc1. The number of ether oxygens (including phenoxy) is 4. The largest absolute Gasteiger partial charge is 0.495 e. The highest BCUT2D eigenvalue weighted by Gasteiger charge is 2.36. The third-order valence-corrected chi connectivity index (χ3v) is 6.94. The van der Waals surface area contributed by atoms with Gasteiger partial charge in [-0.2, -0.15) is 0 Å². The van der Waals surface area contributed by atoms with Crippen LogP contribution in [0.1, 0.15) is 34.3 Å². The first-order valence-electron chi connectivity index (χ1n) is 13.3. The van der Waals surface area contributed by atoms with Gasteiger partial charge in [-0.05, 0) is 73.4 Å². The van der Waals surface area contributed by atoms with Crippen molar-refractivity contribution < 1.29 is 33.3 Å². The topological polar surface area (TPSA) is 115 Å². The lowest BCUT2D eigenvalue weighted by Crippen LogP contribution is -2.47. The third kappa shape index (κ3) is 7.41. The van der Waals surface area contributed by atoms with Crippen molar-refractivity contribution >= 4 is 29.2 Å². The normalized spacial score (nSPS) is 15.6. The Balaban J connectivity index is 1.39. The van der Waals surface area contributed by atoms with E-state index in [0.717, 1.165) is 17.5 Å². The molecule has 1 fully saturated rings. The van der Waals surface area contributed by atoms with Crippen molar-refractivity contribution in [3.63, 3.8) is 0 Å². The highest BCUT2D eigenvalue weighted by Crippen LogP contribution is 2.29. The van der Waals surface area contributed by atoms with Crippen molar-refractivity contribution in [3.8, 4) is 11.5 Å². The number of amides is 2. The van der Waals surface area contributed by atoms with Gasteiger partial charge in [-0.15, -0.1) is 0 Å². The summed E-state index contributed by atoms with van der Waals surface area (Å²) in [6.07, 6.45) is 0.906. The summed E-state index contributed by atoms with van der Waals surface area (Å²) in [5, 5.41) is 5.64. The maximum absolute atomic E-state index is 13.4. The minimum absolute atomic E-state index is 0.0225. The second-order valence-corrected chi connectivity index (χ2v) is 9.64. The second kappa shape index (κ2) is 13.8. The summed E-state index contributed by atoms with van der Waals surface area (Å²) in [5.41, 5.74) is 3.32. The number of carbonyl (C=O) groups excluding carboxylic acids is 3. The average Bonchev–Trinajstić information content (AvgIpc) is 3.48. The van der Waals surface area contributed by atoms with Gasteiger partial charge >= 0.3 is 12.0 Å². The molecule has 10 heteroatoms. The van der Waals surface area contributed by atoms with E-state index in [9.17, 15) is 14.4 Å². The zero-order valence-electron chi connectivity index (χ0n) is 23.6. The Bertz CT molecular complexity index is 1380. The highest BCUT2D eigenvalue weighted by atomic mass is 16.7. The first-order chi connectivity index (χ1) is 19.8. The number of hydrogen-bond donors (Lipinski definition) is 2. The predicted molar refractivity (Wildman–Crippen MR) is 154 cm³/mol. The number of Topliss-reactive ketones (excluding diaryl/α,β-unsaturated/α-hetero) is 1. The summed E-state index contributed by atoms with van der Waals surface area (Å²) < 4.78 is 21.9. The maximum Gasteiger partial charge on any atom is 0.337 e. The van der Waals surface area contributed by atoms with Crippen LogP contribution in [0.3, 0.4) is 0 Å². The molecule has 1 aliphatic rings. The van der Waals surface area contributed by atoms with Crippen LogP contribution >= 0.6 is 0 Å². The van der Waals surface area contributed by atoms with Crippen LogP contribution in [0, 0.1) is 6.92 Å². The molecule has 2 unspecified atom stereocenters. The van der Waals surface area contributed by atoms with Gasteiger partial charge in [0.05, 0.1) is 31.5 Å². The molecule has 1 aliphatic heterocycles. The first-order valence-corrected chi connectivity index (χ1v) is 13.3. The lowest BCUT2D eigenvalue weighted by atomic mass is 10.0. The summed E-state index contributed by atoms with van der Waals surface area (Å²) in [7, 11) is 4.37. The average molecular weight is 562 g/mol. The molecular weight excluding hydrogens is 526 g/mol. The van der Waals surface area contributed by atoms with E-state index in [1.54, 1.807) is 42.5 Å².